The zero-order valence-corrected chi connectivity index (χ0v) is 16.2. The van der Waals surface area contributed by atoms with E-state index in [2.05, 4.69) is 25.6 Å². The summed E-state index contributed by atoms with van der Waals surface area (Å²) in [7, 11) is 3.22. The first kappa shape index (κ1) is 19.4. The lowest BCUT2D eigenvalue weighted by atomic mass is 9.97. The van der Waals surface area contributed by atoms with Gasteiger partial charge in [0.05, 0.1) is 19.4 Å². The van der Waals surface area contributed by atoms with Crippen molar-refractivity contribution < 1.29 is 18.7 Å². The molecule has 27 heavy (non-hydrogen) atoms. The highest BCUT2D eigenvalue weighted by molar-refractivity contribution is 7.99. The number of rotatable bonds is 7. The van der Waals surface area contributed by atoms with Crippen molar-refractivity contribution in [3.8, 4) is 0 Å². The second-order valence-corrected chi connectivity index (χ2v) is 7.19. The Morgan fingerprint density at radius 1 is 1.37 bits per heavy atom. The molecule has 0 atom stereocenters. The number of piperidine rings is 1. The molecule has 0 bridgehead atoms. The number of carbonyl (C=O) groups excluding carboxylic acids is 2. The van der Waals surface area contributed by atoms with Crippen LogP contribution >= 0.6 is 11.8 Å². The first-order chi connectivity index (χ1) is 13.1. The number of ether oxygens (including phenoxy) is 1. The summed E-state index contributed by atoms with van der Waals surface area (Å²) < 4.78 is 11.9. The van der Waals surface area contributed by atoms with Gasteiger partial charge in [-0.1, -0.05) is 11.8 Å². The zero-order chi connectivity index (χ0) is 19.2. The number of methoxy groups -OCH3 is 1. The third-order valence-corrected chi connectivity index (χ3v) is 5.43. The molecule has 1 aliphatic rings. The van der Waals surface area contributed by atoms with Gasteiger partial charge in [0.1, 0.15) is 11.6 Å². The van der Waals surface area contributed by atoms with Crippen LogP contribution in [0.15, 0.2) is 21.7 Å². The van der Waals surface area contributed by atoms with Gasteiger partial charge in [0, 0.05) is 13.0 Å². The third-order valence-electron chi connectivity index (χ3n) is 4.41. The Kier molecular flexibility index (Phi) is 6.51. The lowest BCUT2D eigenvalue weighted by Crippen LogP contribution is -2.28. The smallest absolute Gasteiger partial charge is 0.373 e. The van der Waals surface area contributed by atoms with E-state index in [1.165, 1.54) is 24.9 Å². The second kappa shape index (κ2) is 9.05. The number of nitrogens with zero attached hydrogens (tertiary/aromatic N) is 3. The van der Waals surface area contributed by atoms with Gasteiger partial charge in [0.25, 0.3) is 0 Å². The van der Waals surface area contributed by atoms with Crippen LogP contribution in [0.5, 0.6) is 0 Å². The van der Waals surface area contributed by atoms with Gasteiger partial charge in [-0.2, -0.15) is 0 Å². The zero-order valence-electron chi connectivity index (χ0n) is 15.4. The van der Waals surface area contributed by atoms with Gasteiger partial charge >= 0.3 is 5.97 Å². The SMILES string of the molecule is COC(=O)c1ccc(CNC(=O)CSc2nnc(C3CCNCC3)n2C)o1. The van der Waals surface area contributed by atoms with E-state index in [-0.39, 0.29) is 24.0 Å². The van der Waals surface area contributed by atoms with Crippen molar-refractivity contribution in [1.29, 1.82) is 0 Å². The largest absolute Gasteiger partial charge is 0.463 e. The summed E-state index contributed by atoms with van der Waals surface area (Å²) in [5.74, 6) is 1.52. The van der Waals surface area contributed by atoms with Crippen LogP contribution in [0.1, 0.15) is 40.9 Å². The predicted molar refractivity (Wildman–Crippen MR) is 98.5 cm³/mol. The topological polar surface area (TPSA) is 111 Å². The molecule has 0 radical (unpaired) electrons. The molecule has 3 heterocycles. The van der Waals surface area contributed by atoms with Crippen LogP contribution in [0.25, 0.3) is 0 Å². The number of hydrogen-bond donors (Lipinski definition) is 2. The summed E-state index contributed by atoms with van der Waals surface area (Å²) in [6.07, 6.45) is 2.10. The fraction of sp³-hybridized carbons (Fsp3) is 0.529. The molecule has 2 aromatic rings. The summed E-state index contributed by atoms with van der Waals surface area (Å²) in [5.41, 5.74) is 0. The number of aromatic nitrogens is 3. The van der Waals surface area contributed by atoms with E-state index in [0.717, 1.165) is 36.9 Å². The summed E-state index contributed by atoms with van der Waals surface area (Å²) in [4.78, 5) is 23.4. The van der Waals surface area contributed by atoms with Crippen LogP contribution < -0.4 is 10.6 Å². The van der Waals surface area contributed by atoms with Crippen LogP contribution in [0, 0.1) is 0 Å². The van der Waals surface area contributed by atoms with Crippen LogP contribution in [0.3, 0.4) is 0 Å². The highest BCUT2D eigenvalue weighted by atomic mass is 32.2. The van der Waals surface area contributed by atoms with Gasteiger partial charge in [-0.25, -0.2) is 4.79 Å². The van der Waals surface area contributed by atoms with Crippen molar-refractivity contribution in [2.24, 2.45) is 7.05 Å². The fourth-order valence-corrected chi connectivity index (χ4v) is 3.69. The highest BCUT2D eigenvalue weighted by Gasteiger charge is 2.22. The van der Waals surface area contributed by atoms with Gasteiger partial charge in [-0.15, -0.1) is 10.2 Å². The molecule has 0 aliphatic carbocycles. The standard InChI is InChI=1S/C17H23N5O4S/c1-22-15(11-5-7-18-8-6-11)20-21-17(22)27-10-14(23)19-9-12-3-4-13(26-12)16(24)25-2/h3-4,11,18H,5-10H2,1-2H3,(H,19,23). The van der Waals surface area contributed by atoms with Gasteiger partial charge in [-0.3, -0.25) is 4.79 Å². The number of furan rings is 1. The molecule has 0 saturated carbocycles. The Balaban J connectivity index is 1.47. The Morgan fingerprint density at radius 3 is 2.89 bits per heavy atom. The van der Waals surface area contributed by atoms with Gasteiger partial charge < -0.3 is 24.4 Å². The number of hydrogen-bond acceptors (Lipinski definition) is 8. The van der Waals surface area contributed by atoms with E-state index in [1.54, 1.807) is 6.07 Å². The molecule has 2 aromatic heterocycles. The molecule has 9 nitrogen and oxygen atoms in total. The van der Waals surface area contributed by atoms with Crippen molar-refractivity contribution in [3.63, 3.8) is 0 Å². The average Bonchev–Trinajstić information content (AvgIpc) is 3.31. The summed E-state index contributed by atoms with van der Waals surface area (Å²) in [6, 6.07) is 3.15. The Bertz CT molecular complexity index is 797. The molecule has 1 amide bonds. The van der Waals surface area contributed by atoms with E-state index in [0.29, 0.717) is 11.7 Å². The lowest BCUT2D eigenvalue weighted by molar-refractivity contribution is -0.118. The normalized spacial score (nSPS) is 14.9. The van der Waals surface area contributed by atoms with Crippen LogP contribution in [-0.2, 0) is 23.1 Å². The van der Waals surface area contributed by atoms with Crippen molar-refractivity contribution in [2.45, 2.75) is 30.5 Å². The maximum atomic E-state index is 12.1. The Hall–Kier alpha value is -2.33. The number of nitrogens with one attached hydrogen (secondary N) is 2. The van der Waals surface area contributed by atoms with E-state index < -0.39 is 5.97 Å². The number of esters is 1. The highest BCUT2D eigenvalue weighted by Crippen LogP contribution is 2.26. The summed E-state index contributed by atoms with van der Waals surface area (Å²) >= 11 is 1.35. The maximum Gasteiger partial charge on any atom is 0.373 e. The molecule has 1 aliphatic heterocycles. The number of thioether (sulfide) groups is 1. The lowest BCUT2D eigenvalue weighted by Gasteiger charge is -2.21. The molecule has 2 N–H and O–H groups in total. The minimum atomic E-state index is -0.546. The molecule has 10 heteroatoms. The van der Waals surface area contributed by atoms with Gasteiger partial charge in [0.2, 0.25) is 11.7 Å². The van der Waals surface area contributed by atoms with Crippen molar-refractivity contribution in [1.82, 2.24) is 25.4 Å². The molecular weight excluding hydrogens is 370 g/mol. The van der Waals surface area contributed by atoms with Gasteiger partial charge in [0.15, 0.2) is 5.16 Å². The minimum absolute atomic E-state index is 0.112. The molecule has 146 valence electrons. The van der Waals surface area contributed by atoms with Gasteiger partial charge in [-0.05, 0) is 38.1 Å². The van der Waals surface area contributed by atoms with Crippen LogP contribution in [0.2, 0.25) is 0 Å². The molecule has 0 aromatic carbocycles. The first-order valence-corrected chi connectivity index (χ1v) is 9.73. The van der Waals surface area contributed by atoms with E-state index in [4.69, 9.17) is 4.42 Å². The number of carbonyl (C=O) groups is 2. The van der Waals surface area contributed by atoms with E-state index in [1.807, 2.05) is 11.6 Å². The molecular formula is C17H23N5O4S. The van der Waals surface area contributed by atoms with Crippen molar-refractivity contribution >= 4 is 23.6 Å². The average molecular weight is 393 g/mol. The maximum absolute atomic E-state index is 12.1. The van der Waals surface area contributed by atoms with E-state index in [9.17, 15) is 9.59 Å². The Morgan fingerprint density at radius 2 is 2.15 bits per heavy atom. The first-order valence-electron chi connectivity index (χ1n) is 8.75. The third kappa shape index (κ3) is 4.89. The van der Waals surface area contributed by atoms with E-state index >= 15 is 0 Å². The summed E-state index contributed by atoms with van der Waals surface area (Å²) in [6.45, 7) is 2.19. The number of amides is 1. The minimum Gasteiger partial charge on any atom is -0.463 e. The quantitative estimate of drug-likeness (QED) is 0.531. The predicted octanol–water partition coefficient (Wildman–Crippen LogP) is 1.07. The molecule has 1 saturated heterocycles. The second-order valence-electron chi connectivity index (χ2n) is 6.25. The molecule has 3 rings (SSSR count). The van der Waals surface area contributed by atoms with Crippen LogP contribution in [-0.4, -0.2) is 52.6 Å². The summed E-state index contributed by atoms with van der Waals surface area (Å²) in [5, 5.41) is 15.4. The molecule has 0 spiro atoms. The Labute approximate surface area is 161 Å². The fourth-order valence-electron chi connectivity index (χ4n) is 2.94. The monoisotopic (exact) mass is 393 g/mol. The van der Waals surface area contributed by atoms with Crippen molar-refractivity contribution in [2.75, 3.05) is 26.0 Å². The van der Waals surface area contributed by atoms with Crippen LogP contribution in [0.4, 0.5) is 0 Å². The van der Waals surface area contributed by atoms with Crippen molar-refractivity contribution in [3.05, 3.63) is 29.5 Å². The molecule has 0 unspecified atom stereocenters. The molecule has 1 fully saturated rings.